The number of unbranched alkanes of at least 4 members (excludes halogenated alkanes) is 9. The van der Waals surface area contributed by atoms with Gasteiger partial charge in [-0.15, -0.1) is 0 Å². The van der Waals surface area contributed by atoms with Crippen molar-refractivity contribution in [2.24, 2.45) is 0 Å². The summed E-state index contributed by atoms with van der Waals surface area (Å²) in [5.41, 5.74) is 6.20. The highest BCUT2D eigenvalue weighted by Gasteiger charge is 2.36. The monoisotopic (exact) mass is 537 g/mol. The number of carbonyl (C=O) groups excluding carboxylic acids is 2. The quantitative estimate of drug-likeness (QED) is 0.154. The Morgan fingerprint density at radius 2 is 1.28 bits per heavy atom. The maximum absolute atomic E-state index is 12.8. The van der Waals surface area contributed by atoms with Gasteiger partial charge in [0.05, 0.1) is 4.90 Å². The normalized spacial score (nSPS) is 11.8. The van der Waals surface area contributed by atoms with Crippen molar-refractivity contribution in [3.8, 4) is 0 Å². The van der Waals surface area contributed by atoms with E-state index in [4.69, 9.17) is 5.73 Å². The summed E-state index contributed by atoms with van der Waals surface area (Å²) in [4.78, 5) is 23.7. The maximum atomic E-state index is 12.8. The lowest BCUT2D eigenvalue weighted by Gasteiger charge is -2.10. The second-order valence-corrected chi connectivity index (χ2v) is 12.1. The average Bonchev–Trinajstić information content (AvgIpc) is 2.85. The molecular formula is C26H35NO7S2. The molecule has 0 fully saturated rings. The zero-order valence-electron chi connectivity index (χ0n) is 20.6. The largest absolute Gasteiger partial charge is 0.407 e. The molecule has 0 atom stereocenters. The van der Waals surface area contributed by atoms with E-state index in [1.54, 1.807) is 12.1 Å². The smallest absolute Gasteiger partial charge is 0.399 e. The lowest BCUT2D eigenvalue weighted by molar-refractivity contribution is -0.142. The first-order valence-corrected chi connectivity index (χ1v) is 15.2. The van der Waals surface area contributed by atoms with Crippen LogP contribution < -0.4 is 5.73 Å². The van der Waals surface area contributed by atoms with Crippen LogP contribution in [0.4, 0.5) is 5.69 Å². The lowest BCUT2D eigenvalue weighted by Crippen LogP contribution is -2.28. The zero-order chi connectivity index (χ0) is 26.6. The number of anilines is 1. The molecule has 10 heteroatoms. The molecule has 0 bridgehead atoms. The Morgan fingerprint density at radius 3 is 1.86 bits per heavy atom. The fraction of sp³-hybridized carbons (Fsp3) is 0.462. The predicted octanol–water partition coefficient (Wildman–Crippen LogP) is 4.96. The van der Waals surface area contributed by atoms with E-state index < -0.39 is 35.9 Å². The molecule has 8 nitrogen and oxygen atoms in total. The summed E-state index contributed by atoms with van der Waals surface area (Å²) >= 11 is 0. The first-order chi connectivity index (χ1) is 17.1. The van der Waals surface area contributed by atoms with Gasteiger partial charge in [-0.1, -0.05) is 82.9 Å². The third kappa shape index (κ3) is 8.74. The van der Waals surface area contributed by atoms with Crippen molar-refractivity contribution >= 4 is 36.7 Å². The van der Waals surface area contributed by atoms with Gasteiger partial charge in [0.2, 0.25) is 0 Å². The molecule has 0 unspecified atom stereocenters. The molecule has 0 spiro atoms. The number of carbonyl (C=O) groups is 2. The van der Waals surface area contributed by atoms with Crippen molar-refractivity contribution in [3.63, 3.8) is 0 Å². The Hall–Kier alpha value is -2.72. The SMILES string of the molecule is CCCCCCCCCCCCc1ccccc1S(=O)(=O)OC(=O)C(=O)S(=O)(=O)c1ccc(N)cc1. The van der Waals surface area contributed by atoms with Gasteiger partial charge in [-0.2, -0.15) is 8.42 Å². The van der Waals surface area contributed by atoms with Gasteiger partial charge in [-0.3, -0.25) is 4.79 Å². The third-order valence-corrected chi connectivity index (χ3v) is 8.68. The summed E-state index contributed by atoms with van der Waals surface area (Å²) in [6.07, 6.45) is 11.8. The molecule has 198 valence electrons. The lowest BCUT2D eigenvalue weighted by atomic mass is 10.0. The number of hydrogen-bond acceptors (Lipinski definition) is 8. The van der Waals surface area contributed by atoms with E-state index in [1.807, 2.05) is 0 Å². The van der Waals surface area contributed by atoms with Gasteiger partial charge in [0, 0.05) is 5.69 Å². The number of sulfone groups is 1. The Bertz CT molecular complexity index is 1220. The van der Waals surface area contributed by atoms with Crippen LogP contribution in [0.15, 0.2) is 58.3 Å². The van der Waals surface area contributed by atoms with E-state index >= 15 is 0 Å². The summed E-state index contributed by atoms with van der Waals surface area (Å²) in [6, 6.07) is 10.6. The van der Waals surface area contributed by atoms with E-state index in [0.717, 1.165) is 37.8 Å². The Morgan fingerprint density at radius 1 is 0.750 bits per heavy atom. The molecule has 0 aromatic heterocycles. The van der Waals surface area contributed by atoms with Crippen molar-refractivity contribution in [2.45, 2.75) is 87.3 Å². The first kappa shape index (κ1) is 29.5. The highest BCUT2D eigenvalue weighted by molar-refractivity contribution is 8.08. The van der Waals surface area contributed by atoms with E-state index in [1.165, 1.54) is 62.8 Å². The van der Waals surface area contributed by atoms with Gasteiger partial charge < -0.3 is 9.92 Å². The molecule has 0 amide bonds. The minimum absolute atomic E-state index is 0.255. The van der Waals surface area contributed by atoms with Crippen LogP contribution in [0.25, 0.3) is 0 Å². The van der Waals surface area contributed by atoms with Crippen LogP contribution in [-0.4, -0.2) is 27.9 Å². The zero-order valence-corrected chi connectivity index (χ0v) is 22.3. The van der Waals surface area contributed by atoms with Gasteiger partial charge in [0.15, 0.2) is 0 Å². The summed E-state index contributed by atoms with van der Waals surface area (Å²) in [5, 5.41) is -1.97. The fourth-order valence-corrected chi connectivity index (χ4v) is 5.92. The van der Waals surface area contributed by atoms with Gasteiger partial charge >= 0.3 is 21.2 Å². The molecule has 2 aromatic rings. The molecule has 0 heterocycles. The molecule has 0 aliphatic heterocycles. The van der Waals surface area contributed by atoms with Crippen molar-refractivity contribution in [3.05, 3.63) is 54.1 Å². The molecule has 36 heavy (non-hydrogen) atoms. The van der Waals surface area contributed by atoms with Gasteiger partial charge in [0.1, 0.15) is 4.90 Å². The summed E-state index contributed by atoms with van der Waals surface area (Å²) in [7, 11) is -9.49. The molecular weight excluding hydrogens is 502 g/mol. The summed E-state index contributed by atoms with van der Waals surface area (Å²) in [6.45, 7) is 2.19. The second-order valence-electron chi connectivity index (χ2n) is 8.72. The third-order valence-electron chi connectivity index (χ3n) is 5.83. The van der Waals surface area contributed by atoms with Crippen molar-refractivity contribution < 1.29 is 30.6 Å². The van der Waals surface area contributed by atoms with E-state index in [2.05, 4.69) is 11.1 Å². The highest BCUT2D eigenvalue weighted by atomic mass is 32.2. The van der Waals surface area contributed by atoms with Gasteiger partial charge in [0.25, 0.3) is 9.84 Å². The molecule has 2 aromatic carbocycles. The van der Waals surface area contributed by atoms with Crippen LogP contribution in [0.2, 0.25) is 0 Å². The predicted molar refractivity (Wildman–Crippen MR) is 138 cm³/mol. The fourth-order valence-electron chi connectivity index (χ4n) is 3.80. The van der Waals surface area contributed by atoms with Crippen molar-refractivity contribution in [1.29, 1.82) is 0 Å². The summed E-state index contributed by atoms with van der Waals surface area (Å²) in [5.74, 6) is -1.99. The van der Waals surface area contributed by atoms with Crippen LogP contribution in [0, 0.1) is 0 Å². The average molecular weight is 538 g/mol. The number of benzene rings is 2. The highest BCUT2D eigenvalue weighted by Crippen LogP contribution is 2.22. The van der Waals surface area contributed by atoms with Crippen LogP contribution in [-0.2, 0) is 40.1 Å². The van der Waals surface area contributed by atoms with E-state index in [9.17, 15) is 26.4 Å². The maximum Gasteiger partial charge on any atom is 0.407 e. The van der Waals surface area contributed by atoms with Gasteiger partial charge in [-0.25, -0.2) is 13.2 Å². The Balaban J connectivity index is 1.94. The summed E-state index contributed by atoms with van der Waals surface area (Å²) < 4.78 is 54.7. The van der Waals surface area contributed by atoms with Crippen molar-refractivity contribution in [1.82, 2.24) is 0 Å². The number of rotatable bonds is 14. The molecule has 0 saturated carbocycles. The van der Waals surface area contributed by atoms with E-state index in [0.29, 0.717) is 12.0 Å². The minimum atomic E-state index is -4.79. The number of nitrogen functional groups attached to an aromatic ring is 1. The van der Waals surface area contributed by atoms with Crippen LogP contribution >= 0.6 is 0 Å². The van der Waals surface area contributed by atoms with Crippen LogP contribution in [0.3, 0.4) is 0 Å². The molecule has 0 aliphatic rings. The standard InChI is InChI=1S/C26H35NO7S2/c1-2-3-4-5-6-7-8-9-10-11-14-21-15-12-13-16-24(21)36(32,33)34-25(28)26(29)35(30,31)23-19-17-22(27)18-20-23/h12-13,15-20H,2-11,14,27H2,1H3. The number of aryl methyl sites for hydroxylation is 1. The number of hydrogen-bond donors (Lipinski definition) is 1. The van der Waals surface area contributed by atoms with Crippen LogP contribution in [0.5, 0.6) is 0 Å². The molecule has 0 aliphatic carbocycles. The minimum Gasteiger partial charge on any atom is -0.399 e. The van der Waals surface area contributed by atoms with E-state index in [-0.39, 0.29) is 10.6 Å². The molecule has 0 radical (unpaired) electrons. The number of nitrogens with two attached hydrogens (primary N) is 1. The Kier molecular flexibility index (Phi) is 11.6. The topological polar surface area (TPSA) is 138 Å². The second kappa shape index (κ2) is 14.1. The van der Waals surface area contributed by atoms with Crippen molar-refractivity contribution in [2.75, 3.05) is 5.73 Å². The molecule has 2 rings (SSSR count). The molecule has 2 N–H and O–H groups in total. The van der Waals surface area contributed by atoms with Crippen LogP contribution in [0.1, 0.15) is 76.7 Å². The Labute approximate surface area is 214 Å². The molecule has 0 saturated heterocycles. The van der Waals surface area contributed by atoms with Gasteiger partial charge in [-0.05, 0) is 48.7 Å². The first-order valence-electron chi connectivity index (χ1n) is 12.3.